The molecular weight excluding hydrogens is 226 g/mol. The summed E-state index contributed by atoms with van der Waals surface area (Å²) >= 11 is 0. The fourth-order valence-corrected chi connectivity index (χ4v) is 3.02. The second-order valence-corrected chi connectivity index (χ2v) is 6.16. The van der Waals surface area contributed by atoms with E-state index < -0.39 is 10.0 Å². The summed E-state index contributed by atoms with van der Waals surface area (Å²) < 4.78 is 28.0. The molecule has 0 spiro atoms. The molecule has 1 heterocycles. The Bertz CT molecular complexity index is 474. The Labute approximate surface area is 95.9 Å². The average molecular weight is 243 g/mol. The van der Waals surface area contributed by atoms with Crippen LogP contribution in [0, 0.1) is 5.41 Å². The van der Waals surface area contributed by atoms with Crippen LogP contribution in [0.1, 0.15) is 26.2 Å². The van der Waals surface area contributed by atoms with Crippen LogP contribution in [0.15, 0.2) is 17.6 Å². The molecule has 0 amide bonds. The largest absolute Gasteiger partial charge is 0.324 e. The maximum absolute atomic E-state index is 11.9. The van der Waals surface area contributed by atoms with Crippen molar-refractivity contribution in [3.63, 3.8) is 0 Å². The zero-order chi connectivity index (χ0) is 11.8. The van der Waals surface area contributed by atoms with E-state index in [2.05, 4.69) is 16.6 Å². The number of nitrogens with one attached hydrogen (secondary N) is 1. The lowest BCUT2D eigenvalue weighted by Gasteiger charge is -2.13. The Kier molecular flexibility index (Phi) is 2.79. The van der Waals surface area contributed by atoms with Gasteiger partial charge in [-0.2, -0.15) is 0 Å². The fourth-order valence-electron chi connectivity index (χ4n) is 1.76. The van der Waals surface area contributed by atoms with Gasteiger partial charge in [0.15, 0.2) is 0 Å². The van der Waals surface area contributed by atoms with Crippen LogP contribution < -0.4 is 4.72 Å². The van der Waals surface area contributed by atoms with Crippen molar-refractivity contribution in [2.45, 2.75) is 31.3 Å². The second kappa shape index (κ2) is 3.85. The maximum Gasteiger partial charge on any atom is 0.274 e. The SMILES string of the molecule is CCC1(CNS(=O)(=O)c2nccn2C)CC1. The lowest BCUT2D eigenvalue weighted by Crippen LogP contribution is -2.31. The van der Waals surface area contributed by atoms with Crippen molar-refractivity contribution in [3.05, 3.63) is 12.4 Å². The lowest BCUT2D eigenvalue weighted by molar-refractivity contribution is 0.472. The van der Waals surface area contributed by atoms with Gasteiger partial charge in [-0.1, -0.05) is 6.92 Å². The smallest absolute Gasteiger partial charge is 0.274 e. The summed E-state index contributed by atoms with van der Waals surface area (Å²) in [5.41, 5.74) is 0.207. The first-order valence-electron chi connectivity index (χ1n) is 5.46. The van der Waals surface area contributed by atoms with Gasteiger partial charge in [0.2, 0.25) is 5.16 Å². The van der Waals surface area contributed by atoms with Crippen LogP contribution in [0.2, 0.25) is 0 Å². The van der Waals surface area contributed by atoms with Crippen molar-refractivity contribution >= 4 is 10.0 Å². The highest BCUT2D eigenvalue weighted by Gasteiger charge is 2.41. The molecule has 0 unspecified atom stereocenters. The molecule has 0 radical (unpaired) electrons. The number of hydrogen-bond donors (Lipinski definition) is 1. The van der Waals surface area contributed by atoms with Gasteiger partial charge < -0.3 is 4.57 Å². The molecule has 0 bridgehead atoms. The standard InChI is InChI=1S/C10H17N3O2S/c1-3-10(4-5-10)8-12-16(14,15)9-11-6-7-13(9)2/h6-7,12H,3-5,8H2,1-2H3. The molecule has 1 fully saturated rings. The predicted molar refractivity (Wildman–Crippen MR) is 60.4 cm³/mol. The van der Waals surface area contributed by atoms with Crippen LogP contribution in [0.3, 0.4) is 0 Å². The van der Waals surface area contributed by atoms with E-state index in [9.17, 15) is 8.42 Å². The van der Waals surface area contributed by atoms with Gasteiger partial charge in [0.1, 0.15) is 0 Å². The minimum Gasteiger partial charge on any atom is -0.324 e. The van der Waals surface area contributed by atoms with Crippen molar-refractivity contribution in [1.29, 1.82) is 0 Å². The number of rotatable bonds is 5. The Morgan fingerprint density at radius 3 is 2.69 bits per heavy atom. The minimum absolute atomic E-state index is 0.0828. The molecule has 1 N–H and O–H groups in total. The van der Waals surface area contributed by atoms with Gasteiger partial charge in [0, 0.05) is 26.0 Å². The first kappa shape index (κ1) is 11.6. The molecule has 0 aliphatic heterocycles. The quantitative estimate of drug-likeness (QED) is 0.835. The van der Waals surface area contributed by atoms with Crippen molar-refractivity contribution in [2.24, 2.45) is 12.5 Å². The van der Waals surface area contributed by atoms with E-state index in [-0.39, 0.29) is 10.6 Å². The third kappa shape index (κ3) is 2.12. The third-order valence-electron chi connectivity index (χ3n) is 3.36. The number of hydrogen-bond acceptors (Lipinski definition) is 3. The Hall–Kier alpha value is -0.880. The summed E-state index contributed by atoms with van der Waals surface area (Å²) in [6, 6.07) is 0. The van der Waals surface area contributed by atoms with Gasteiger partial charge in [0.25, 0.3) is 10.0 Å². The van der Waals surface area contributed by atoms with Crippen LogP contribution >= 0.6 is 0 Å². The third-order valence-corrected chi connectivity index (χ3v) is 4.76. The Balaban J connectivity index is 2.07. The molecule has 5 nitrogen and oxygen atoms in total. The zero-order valence-corrected chi connectivity index (χ0v) is 10.4. The second-order valence-electron chi connectivity index (χ2n) is 4.50. The molecule has 6 heteroatoms. The van der Waals surface area contributed by atoms with Crippen molar-refractivity contribution < 1.29 is 8.42 Å². The number of sulfonamides is 1. The number of aryl methyl sites for hydroxylation is 1. The molecule has 0 saturated heterocycles. The molecule has 16 heavy (non-hydrogen) atoms. The van der Waals surface area contributed by atoms with Crippen LogP contribution in [0.4, 0.5) is 0 Å². The molecule has 1 aromatic rings. The monoisotopic (exact) mass is 243 g/mol. The summed E-state index contributed by atoms with van der Waals surface area (Å²) in [5.74, 6) is 0. The van der Waals surface area contributed by atoms with Gasteiger partial charge >= 0.3 is 0 Å². The highest BCUT2D eigenvalue weighted by atomic mass is 32.2. The Morgan fingerprint density at radius 1 is 1.56 bits per heavy atom. The highest BCUT2D eigenvalue weighted by molar-refractivity contribution is 7.89. The highest BCUT2D eigenvalue weighted by Crippen LogP contribution is 2.48. The summed E-state index contributed by atoms with van der Waals surface area (Å²) in [6.07, 6.45) is 6.37. The van der Waals surface area contributed by atoms with E-state index in [4.69, 9.17) is 0 Å². The fraction of sp³-hybridized carbons (Fsp3) is 0.700. The van der Waals surface area contributed by atoms with E-state index in [0.717, 1.165) is 19.3 Å². The zero-order valence-electron chi connectivity index (χ0n) is 9.60. The number of aromatic nitrogens is 2. The maximum atomic E-state index is 11.9. The van der Waals surface area contributed by atoms with E-state index in [1.165, 1.54) is 10.8 Å². The molecule has 0 atom stereocenters. The molecule has 1 aromatic heterocycles. The van der Waals surface area contributed by atoms with Gasteiger partial charge in [-0.3, -0.25) is 0 Å². The van der Waals surface area contributed by atoms with Gasteiger partial charge in [0.05, 0.1) is 0 Å². The van der Waals surface area contributed by atoms with Crippen LogP contribution in [0.25, 0.3) is 0 Å². The summed E-state index contributed by atoms with van der Waals surface area (Å²) in [4.78, 5) is 3.85. The van der Waals surface area contributed by atoms with Crippen LogP contribution in [0.5, 0.6) is 0 Å². The van der Waals surface area contributed by atoms with Crippen LogP contribution in [-0.2, 0) is 17.1 Å². The first-order valence-corrected chi connectivity index (χ1v) is 6.94. The van der Waals surface area contributed by atoms with Gasteiger partial charge in [-0.25, -0.2) is 18.1 Å². The topological polar surface area (TPSA) is 64.0 Å². The average Bonchev–Trinajstić information content (AvgIpc) is 2.91. The predicted octanol–water partition coefficient (Wildman–Crippen LogP) is 0.889. The number of nitrogens with zero attached hydrogens (tertiary/aromatic N) is 2. The van der Waals surface area contributed by atoms with E-state index in [1.807, 2.05) is 0 Å². The van der Waals surface area contributed by atoms with Gasteiger partial charge in [-0.15, -0.1) is 0 Å². The number of imidazole rings is 1. The molecule has 2 rings (SSSR count). The summed E-state index contributed by atoms with van der Waals surface area (Å²) in [5, 5.41) is 0.0828. The van der Waals surface area contributed by atoms with Crippen molar-refractivity contribution in [1.82, 2.24) is 14.3 Å². The molecule has 1 saturated carbocycles. The van der Waals surface area contributed by atoms with E-state index >= 15 is 0 Å². The molecular formula is C10H17N3O2S. The molecule has 1 aliphatic rings. The minimum atomic E-state index is -3.45. The normalized spacial score (nSPS) is 18.6. The van der Waals surface area contributed by atoms with Crippen molar-refractivity contribution in [2.75, 3.05) is 6.54 Å². The van der Waals surface area contributed by atoms with Crippen molar-refractivity contribution in [3.8, 4) is 0 Å². The van der Waals surface area contributed by atoms with Crippen LogP contribution in [-0.4, -0.2) is 24.5 Å². The molecule has 0 aromatic carbocycles. The molecule has 90 valence electrons. The van der Waals surface area contributed by atoms with E-state index in [0.29, 0.717) is 6.54 Å². The Morgan fingerprint density at radius 2 is 2.25 bits per heavy atom. The van der Waals surface area contributed by atoms with Gasteiger partial charge in [-0.05, 0) is 24.7 Å². The van der Waals surface area contributed by atoms with E-state index in [1.54, 1.807) is 13.2 Å². The summed E-state index contributed by atoms with van der Waals surface area (Å²) in [7, 11) is -1.77. The summed E-state index contributed by atoms with van der Waals surface area (Å²) in [6.45, 7) is 2.63. The first-order chi connectivity index (χ1) is 7.49. The molecule has 1 aliphatic carbocycles. The lowest BCUT2D eigenvalue weighted by atomic mass is 10.1.